The molecule has 17 heavy (non-hydrogen) atoms. The van der Waals surface area contributed by atoms with Crippen LogP contribution >= 0.6 is 11.3 Å². The summed E-state index contributed by atoms with van der Waals surface area (Å²) < 4.78 is 5.70. The molecule has 0 aromatic carbocycles. The van der Waals surface area contributed by atoms with E-state index in [1.165, 1.54) is 0 Å². The van der Waals surface area contributed by atoms with Gasteiger partial charge in [-0.05, 0) is 32.9 Å². The standard InChI is InChI=1S/C12H21N3OS/c1-10-15-11(8-17-10)7-14-9-12(16-2)3-5-13-6-4-12/h8,13-14H,3-7,9H2,1-2H3. The Hall–Kier alpha value is -0.490. The van der Waals surface area contributed by atoms with Crippen molar-refractivity contribution < 1.29 is 4.74 Å². The Labute approximate surface area is 107 Å². The van der Waals surface area contributed by atoms with Crippen LogP contribution in [0.25, 0.3) is 0 Å². The molecular weight excluding hydrogens is 234 g/mol. The molecule has 1 saturated heterocycles. The summed E-state index contributed by atoms with van der Waals surface area (Å²) in [5.74, 6) is 0. The lowest BCUT2D eigenvalue weighted by molar-refractivity contribution is -0.0326. The third-order valence-electron chi connectivity index (χ3n) is 3.37. The summed E-state index contributed by atoms with van der Waals surface area (Å²) in [6, 6.07) is 0. The Morgan fingerprint density at radius 3 is 2.88 bits per heavy atom. The average molecular weight is 255 g/mol. The van der Waals surface area contributed by atoms with E-state index >= 15 is 0 Å². The molecule has 2 N–H and O–H groups in total. The van der Waals surface area contributed by atoms with Crippen molar-refractivity contribution in [3.05, 3.63) is 16.1 Å². The summed E-state index contributed by atoms with van der Waals surface area (Å²) in [5.41, 5.74) is 1.14. The van der Waals surface area contributed by atoms with E-state index in [0.29, 0.717) is 0 Å². The molecule has 1 aliphatic heterocycles. The molecule has 0 saturated carbocycles. The van der Waals surface area contributed by atoms with Crippen molar-refractivity contribution in [2.75, 3.05) is 26.7 Å². The van der Waals surface area contributed by atoms with Crippen LogP contribution in [0, 0.1) is 6.92 Å². The van der Waals surface area contributed by atoms with Crippen molar-refractivity contribution in [1.82, 2.24) is 15.6 Å². The molecule has 1 aromatic rings. The fourth-order valence-electron chi connectivity index (χ4n) is 2.24. The monoisotopic (exact) mass is 255 g/mol. The van der Waals surface area contributed by atoms with E-state index < -0.39 is 0 Å². The van der Waals surface area contributed by atoms with Crippen molar-refractivity contribution in [3.8, 4) is 0 Å². The molecule has 0 unspecified atom stereocenters. The van der Waals surface area contributed by atoms with E-state index in [1.807, 2.05) is 14.0 Å². The van der Waals surface area contributed by atoms with Gasteiger partial charge in [0, 0.05) is 25.6 Å². The largest absolute Gasteiger partial charge is 0.377 e. The van der Waals surface area contributed by atoms with Gasteiger partial charge in [-0.1, -0.05) is 0 Å². The molecule has 2 heterocycles. The maximum absolute atomic E-state index is 5.70. The number of ether oxygens (including phenoxy) is 1. The molecule has 1 fully saturated rings. The quantitative estimate of drug-likeness (QED) is 0.833. The summed E-state index contributed by atoms with van der Waals surface area (Å²) in [7, 11) is 1.82. The summed E-state index contributed by atoms with van der Waals surface area (Å²) in [6.07, 6.45) is 2.15. The lowest BCUT2D eigenvalue weighted by Gasteiger charge is -2.36. The predicted octanol–water partition coefficient (Wildman–Crippen LogP) is 1.31. The van der Waals surface area contributed by atoms with E-state index in [2.05, 4.69) is 21.0 Å². The molecule has 4 nitrogen and oxygen atoms in total. The molecule has 96 valence electrons. The molecule has 5 heteroatoms. The first-order chi connectivity index (χ1) is 8.24. The first-order valence-electron chi connectivity index (χ1n) is 6.12. The minimum atomic E-state index is 0.0102. The van der Waals surface area contributed by atoms with Crippen molar-refractivity contribution >= 4 is 11.3 Å². The third-order valence-corrected chi connectivity index (χ3v) is 4.19. The van der Waals surface area contributed by atoms with Crippen LogP contribution in [0.1, 0.15) is 23.5 Å². The van der Waals surface area contributed by atoms with Crippen molar-refractivity contribution in [1.29, 1.82) is 0 Å². The van der Waals surface area contributed by atoms with Gasteiger partial charge < -0.3 is 15.4 Å². The second-order valence-electron chi connectivity index (χ2n) is 4.60. The molecule has 2 rings (SSSR count). The first-order valence-corrected chi connectivity index (χ1v) is 7.00. The summed E-state index contributed by atoms with van der Waals surface area (Å²) in [5, 5.41) is 10.1. The molecule has 0 spiro atoms. The Morgan fingerprint density at radius 1 is 1.53 bits per heavy atom. The third kappa shape index (κ3) is 3.48. The van der Waals surface area contributed by atoms with Crippen LogP contribution in [0.2, 0.25) is 0 Å². The van der Waals surface area contributed by atoms with Gasteiger partial charge in [-0.2, -0.15) is 0 Å². The lowest BCUT2D eigenvalue weighted by atomic mass is 9.92. The van der Waals surface area contributed by atoms with Crippen LogP contribution in [0.4, 0.5) is 0 Å². The summed E-state index contributed by atoms with van der Waals surface area (Å²) in [6.45, 7) is 5.87. The number of methoxy groups -OCH3 is 1. The zero-order valence-electron chi connectivity index (χ0n) is 10.6. The van der Waals surface area contributed by atoms with E-state index in [-0.39, 0.29) is 5.60 Å². The topological polar surface area (TPSA) is 46.2 Å². The number of rotatable bonds is 5. The summed E-state index contributed by atoms with van der Waals surface area (Å²) >= 11 is 1.70. The number of aromatic nitrogens is 1. The normalized spacial score (nSPS) is 19.4. The fraction of sp³-hybridized carbons (Fsp3) is 0.750. The highest BCUT2D eigenvalue weighted by Crippen LogP contribution is 2.21. The average Bonchev–Trinajstić information content (AvgIpc) is 2.76. The predicted molar refractivity (Wildman–Crippen MR) is 70.4 cm³/mol. The highest BCUT2D eigenvalue weighted by molar-refractivity contribution is 7.09. The zero-order chi connectivity index (χ0) is 12.1. The minimum absolute atomic E-state index is 0.0102. The fourth-order valence-corrected chi connectivity index (χ4v) is 2.86. The number of nitrogens with one attached hydrogen (secondary N) is 2. The Bertz CT molecular complexity index is 347. The zero-order valence-corrected chi connectivity index (χ0v) is 11.4. The van der Waals surface area contributed by atoms with E-state index in [1.54, 1.807) is 11.3 Å². The maximum atomic E-state index is 5.70. The number of nitrogens with zero attached hydrogens (tertiary/aromatic N) is 1. The second kappa shape index (κ2) is 5.91. The molecule has 0 atom stereocenters. The smallest absolute Gasteiger partial charge is 0.0897 e. The summed E-state index contributed by atoms with van der Waals surface area (Å²) in [4.78, 5) is 4.44. The van der Waals surface area contributed by atoms with Gasteiger partial charge in [0.1, 0.15) is 0 Å². The van der Waals surface area contributed by atoms with Crippen LogP contribution in [0.15, 0.2) is 5.38 Å². The van der Waals surface area contributed by atoms with Crippen LogP contribution in [0.3, 0.4) is 0 Å². The molecule has 1 aromatic heterocycles. The van der Waals surface area contributed by atoms with Gasteiger partial charge in [-0.15, -0.1) is 11.3 Å². The lowest BCUT2D eigenvalue weighted by Crippen LogP contribution is -2.49. The molecule has 0 amide bonds. The Morgan fingerprint density at radius 2 is 2.29 bits per heavy atom. The van der Waals surface area contributed by atoms with E-state index in [4.69, 9.17) is 4.74 Å². The van der Waals surface area contributed by atoms with Crippen LogP contribution < -0.4 is 10.6 Å². The van der Waals surface area contributed by atoms with Crippen molar-refractivity contribution in [2.24, 2.45) is 0 Å². The molecule has 1 aliphatic rings. The molecule has 0 bridgehead atoms. The van der Waals surface area contributed by atoms with Gasteiger partial charge in [0.15, 0.2) is 0 Å². The highest BCUT2D eigenvalue weighted by Gasteiger charge is 2.31. The van der Waals surface area contributed by atoms with Gasteiger partial charge in [0.25, 0.3) is 0 Å². The van der Waals surface area contributed by atoms with Crippen molar-refractivity contribution in [3.63, 3.8) is 0 Å². The van der Waals surface area contributed by atoms with Gasteiger partial charge in [-0.3, -0.25) is 0 Å². The molecule has 0 radical (unpaired) electrons. The first kappa shape index (κ1) is 13.0. The Kier molecular flexibility index (Phi) is 4.50. The molecular formula is C12H21N3OS. The number of hydrogen-bond donors (Lipinski definition) is 2. The SMILES string of the molecule is COC1(CNCc2csc(C)n2)CCNCC1. The van der Waals surface area contributed by atoms with Crippen molar-refractivity contribution in [2.45, 2.75) is 31.9 Å². The number of piperidine rings is 1. The van der Waals surface area contributed by atoms with Crippen LogP contribution in [-0.2, 0) is 11.3 Å². The van der Waals surface area contributed by atoms with Crippen LogP contribution in [0.5, 0.6) is 0 Å². The van der Waals surface area contributed by atoms with E-state index in [9.17, 15) is 0 Å². The van der Waals surface area contributed by atoms with Gasteiger partial charge in [0.05, 0.1) is 16.3 Å². The minimum Gasteiger partial charge on any atom is -0.377 e. The molecule has 0 aliphatic carbocycles. The second-order valence-corrected chi connectivity index (χ2v) is 5.66. The number of aryl methyl sites for hydroxylation is 1. The van der Waals surface area contributed by atoms with Gasteiger partial charge in [0.2, 0.25) is 0 Å². The van der Waals surface area contributed by atoms with Gasteiger partial charge in [-0.25, -0.2) is 4.98 Å². The number of thiazole rings is 1. The Balaban J connectivity index is 1.79. The highest BCUT2D eigenvalue weighted by atomic mass is 32.1. The van der Waals surface area contributed by atoms with Crippen LogP contribution in [-0.4, -0.2) is 37.3 Å². The van der Waals surface area contributed by atoms with E-state index in [0.717, 1.165) is 49.7 Å². The van der Waals surface area contributed by atoms with Gasteiger partial charge >= 0.3 is 0 Å². The maximum Gasteiger partial charge on any atom is 0.0897 e. The number of hydrogen-bond acceptors (Lipinski definition) is 5.